The molecule has 0 aromatic heterocycles. The Hall–Kier alpha value is -4.29. The Morgan fingerprint density at radius 2 is 1.28 bits per heavy atom. The lowest BCUT2D eigenvalue weighted by molar-refractivity contribution is -0.147. The van der Waals surface area contributed by atoms with Gasteiger partial charge in [0.05, 0.1) is 6.04 Å². The normalized spacial score (nSPS) is 17.4. The number of benzene rings is 2. The summed E-state index contributed by atoms with van der Waals surface area (Å²) in [5, 5.41) is 8.69. The first-order valence-corrected chi connectivity index (χ1v) is 17.9. The summed E-state index contributed by atoms with van der Waals surface area (Å²) in [4.78, 5) is 70.3. The Balaban J connectivity index is 1.45. The molecule has 0 unspecified atom stereocenters. The van der Waals surface area contributed by atoms with E-state index < -0.39 is 41.9 Å². The van der Waals surface area contributed by atoms with Gasteiger partial charge in [0, 0.05) is 44.9 Å². The molecule has 4 atom stereocenters. The Morgan fingerprint density at radius 3 is 1.84 bits per heavy atom. The maximum absolute atomic E-state index is 13.9. The quantitative estimate of drug-likeness (QED) is 0.156. The monoisotopic (exact) mass is 689 g/mol. The standard InChI is InChI=1S/C38H55N7O5/c1-26(2)20-32(35(48)41-31(16-10-11-18-39)37(50)45-24-38(25-45)17-19-44(23-38)27(3)46)43-36(49)33(22-29-14-8-5-9-15-29)42-34(47)30(40)21-28-12-6-4-7-13-28/h4-9,12-15,26,30-33H,10-11,16-25,39-40H2,1-3H3,(H,41,48)(H,42,47)(H,43,49)/t30-,31-,32-,33-/m1/s1. The average molecular weight is 690 g/mol. The lowest BCUT2D eigenvalue weighted by Crippen LogP contribution is -2.64. The third kappa shape index (κ3) is 10.9. The highest BCUT2D eigenvalue weighted by Crippen LogP contribution is 2.40. The molecule has 0 saturated carbocycles. The maximum atomic E-state index is 13.9. The lowest BCUT2D eigenvalue weighted by Gasteiger charge is -2.49. The first-order valence-electron chi connectivity index (χ1n) is 17.9. The van der Waals surface area contributed by atoms with Crippen molar-refractivity contribution in [2.75, 3.05) is 32.7 Å². The first kappa shape index (κ1) is 38.5. The fraction of sp³-hybridized carbons (Fsp3) is 0.553. The van der Waals surface area contributed by atoms with Crippen molar-refractivity contribution >= 4 is 29.5 Å². The summed E-state index contributed by atoms with van der Waals surface area (Å²) in [6.45, 7) is 8.34. The minimum atomic E-state index is -0.991. The highest BCUT2D eigenvalue weighted by Gasteiger charge is 2.50. The fourth-order valence-electron chi connectivity index (χ4n) is 6.90. The second kappa shape index (κ2) is 18.1. The van der Waals surface area contributed by atoms with E-state index in [9.17, 15) is 24.0 Å². The molecular weight excluding hydrogens is 634 g/mol. The van der Waals surface area contributed by atoms with Crippen LogP contribution in [0.15, 0.2) is 60.7 Å². The zero-order chi connectivity index (χ0) is 36.3. The molecule has 2 heterocycles. The van der Waals surface area contributed by atoms with Crippen molar-refractivity contribution in [1.82, 2.24) is 25.8 Å². The van der Waals surface area contributed by atoms with Crippen LogP contribution in [0.2, 0.25) is 0 Å². The SMILES string of the molecule is CC(=O)N1CCC2(C1)CN(C(=O)[C@@H](CCCCN)NC(=O)[C@@H](CC(C)C)NC(=O)[C@@H](Cc1ccccc1)NC(=O)[C@H](N)Cc1ccccc1)C2. The minimum Gasteiger partial charge on any atom is -0.343 e. The van der Waals surface area contributed by atoms with E-state index in [1.807, 2.05) is 79.4 Å². The Labute approximate surface area is 296 Å². The van der Waals surface area contributed by atoms with Crippen LogP contribution in [0.25, 0.3) is 0 Å². The van der Waals surface area contributed by atoms with Gasteiger partial charge < -0.3 is 37.2 Å². The summed E-state index contributed by atoms with van der Waals surface area (Å²) >= 11 is 0. The predicted molar refractivity (Wildman–Crippen MR) is 192 cm³/mol. The van der Waals surface area contributed by atoms with Crippen molar-refractivity contribution < 1.29 is 24.0 Å². The van der Waals surface area contributed by atoms with Gasteiger partial charge in [-0.05, 0) is 62.1 Å². The molecule has 2 aliphatic heterocycles. The fourth-order valence-corrected chi connectivity index (χ4v) is 6.90. The van der Waals surface area contributed by atoms with Crippen molar-refractivity contribution in [2.45, 2.75) is 89.9 Å². The summed E-state index contributed by atoms with van der Waals surface area (Å²) in [5.74, 6) is -1.53. The number of nitrogens with one attached hydrogen (secondary N) is 3. The number of carbonyl (C=O) groups excluding carboxylic acids is 5. The molecule has 2 aromatic rings. The highest BCUT2D eigenvalue weighted by molar-refractivity contribution is 5.95. The van der Waals surface area contributed by atoms with Gasteiger partial charge in [0.25, 0.3) is 0 Å². The van der Waals surface area contributed by atoms with Gasteiger partial charge in [-0.2, -0.15) is 0 Å². The number of rotatable bonds is 17. The number of hydrogen-bond donors (Lipinski definition) is 5. The summed E-state index contributed by atoms with van der Waals surface area (Å²) in [6, 6.07) is 15.2. The molecule has 12 heteroatoms. The zero-order valence-electron chi connectivity index (χ0n) is 29.7. The summed E-state index contributed by atoms with van der Waals surface area (Å²) in [6.07, 6.45) is 3.45. The number of hydrogen-bond acceptors (Lipinski definition) is 7. The second-order valence-corrected chi connectivity index (χ2v) is 14.5. The van der Waals surface area contributed by atoms with Crippen LogP contribution < -0.4 is 27.4 Å². The van der Waals surface area contributed by atoms with Crippen LogP contribution in [-0.2, 0) is 36.8 Å². The van der Waals surface area contributed by atoms with E-state index in [-0.39, 0.29) is 29.6 Å². The number of nitrogens with zero attached hydrogens (tertiary/aromatic N) is 2. The molecule has 0 bridgehead atoms. The van der Waals surface area contributed by atoms with Crippen molar-refractivity contribution in [3.05, 3.63) is 71.8 Å². The van der Waals surface area contributed by atoms with E-state index in [2.05, 4.69) is 16.0 Å². The third-order valence-electron chi connectivity index (χ3n) is 9.70. The molecule has 2 saturated heterocycles. The molecule has 2 aliphatic rings. The van der Waals surface area contributed by atoms with Gasteiger partial charge in [-0.15, -0.1) is 0 Å². The van der Waals surface area contributed by atoms with Crippen LogP contribution in [0.3, 0.4) is 0 Å². The van der Waals surface area contributed by atoms with E-state index in [1.165, 1.54) is 0 Å². The van der Waals surface area contributed by atoms with Crippen molar-refractivity contribution in [2.24, 2.45) is 22.8 Å². The number of unbranched alkanes of at least 4 members (excludes halogenated alkanes) is 1. The Kier molecular flexibility index (Phi) is 13.9. The van der Waals surface area contributed by atoms with Gasteiger partial charge in [-0.25, -0.2) is 0 Å². The van der Waals surface area contributed by atoms with Crippen molar-refractivity contribution in [1.29, 1.82) is 0 Å². The molecule has 7 N–H and O–H groups in total. The maximum Gasteiger partial charge on any atom is 0.245 e. The van der Waals surface area contributed by atoms with Crippen molar-refractivity contribution in [3.8, 4) is 0 Å². The number of likely N-dealkylation sites (tertiary alicyclic amines) is 2. The summed E-state index contributed by atoms with van der Waals surface area (Å²) < 4.78 is 0. The highest BCUT2D eigenvalue weighted by atomic mass is 16.2. The molecule has 4 rings (SSSR count). The van der Waals surface area contributed by atoms with E-state index in [1.54, 1.807) is 11.8 Å². The van der Waals surface area contributed by atoms with E-state index in [4.69, 9.17) is 11.5 Å². The molecule has 0 radical (unpaired) electrons. The molecule has 1 spiro atoms. The van der Waals surface area contributed by atoms with Gasteiger partial charge in [-0.1, -0.05) is 74.5 Å². The van der Waals surface area contributed by atoms with E-state index >= 15 is 0 Å². The van der Waals surface area contributed by atoms with Crippen LogP contribution in [0.5, 0.6) is 0 Å². The van der Waals surface area contributed by atoms with Crippen LogP contribution >= 0.6 is 0 Å². The molecule has 272 valence electrons. The molecule has 12 nitrogen and oxygen atoms in total. The molecule has 2 fully saturated rings. The smallest absolute Gasteiger partial charge is 0.245 e. The zero-order valence-corrected chi connectivity index (χ0v) is 29.7. The summed E-state index contributed by atoms with van der Waals surface area (Å²) in [5.41, 5.74) is 13.6. The minimum absolute atomic E-state index is 0.0393. The average Bonchev–Trinajstić information content (AvgIpc) is 3.54. The predicted octanol–water partition coefficient (Wildman–Crippen LogP) is 1.51. The van der Waals surface area contributed by atoms with Gasteiger partial charge in [0.1, 0.15) is 18.1 Å². The molecular formula is C38H55N7O5. The van der Waals surface area contributed by atoms with Crippen LogP contribution in [0.1, 0.15) is 64.0 Å². The van der Waals surface area contributed by atoms with Crippen LogP contribution in [-0.4, -0.2) is 96.2 Å². The van der Waals surface area contributed by atoms with Gasteiger partial charge in [-0.3, -0.25) is 24.0 Å². The molecule has 0 aliphatic carbocycles. The van der Waals surface area contributed by atoms with Gasteiger partial charge in [0.2, 0.25) is 29.5 Å². The van der Waals surface area contributed by atoms with Gasteiger partial charge >= 0.3 is 0 Å². The van der Waals surface area contributed by atoms with E-state index in [0.717, 1.165) is 17.5 Å². The topological polar surface area (TPSA) is 180 Å². The number of nitrogens with two attached hydrogens (primary N) is 2. The molecule has 50 heavy (non-hydrogen) atoms. The number of carbonyl (C=O) groups is 5. The largest absolute Gasteiger partial charge is 0.343 e. The van der Waals surface area contributed by atoms with Crippen molar-refractivity contribution in [3.63, 3.8) is 0 Å². The van der Waals surface area contributed by atoms with Crippen LogP contribution in [0.4, 0.5) is 0 Å². The Bertz CT molecular complexity index is 1450. The van der Waals surface area contributed by atoms with Gasteiger partial charge in [0.15, 0.2) is 0 Å². The van der Waals surface area contributed by atoms with E-state index in [0.29, 0.717) is 64.8 Å². The third-order valence-corrected chi connectivity index (χ3v) is 9.70. The molecule has 5 amide bonds. The summed E-state index contributed by atoms with van der Waals surface area (Å²) in [7, 11) is 0. The second-order valence-electron chi connectivity index (χ2n) is 14.5. The Morgan fingerprint density at radius 1 is 0.740 bits per heavy atom. The lowest BCUT2D eigenvalue weighted by atomic mass is 9.78. The van der Waals surface area contributed by atoms with Crippen LogP contribution in [0, 0.1) is 11.3 Å². The first-order chi connectivity index (χ1) is 23.9. The number of amides is 5. The molecule has 2 aromatic carbocycles.